The number of hydrogen-bond donors (Lipinski definition) is 1. The molecule has 0 saturated heterocycles. The van der Waals surface area contributed by atoms with E-state index in [1.165, 1.54) is 0 Å². The molecule has 0 unspecified atom stereocenters. The summed E-state index contributed by atoms with van der Waals surface area (Å²) in [6, 6.07) is 9.40. The van der Waals surface area contributed by atoms with Crippen molar-refractivity contribution in [2.75, 3.05) is 0 Å². The molecule has 104 valence electrons. The first kappa shape index (κ1) is 12.7. The molecule has 0 bridgehead atoms. The van der Waals surface area contributed by atoms with Gasteiger partial charge in [-0.2, -0.15) is 0 Å². The van der Waals surface area contributed by atoms with Crippen LogP contribution in [0.3, 0.4) is 0 Å². The SMILES string of the molecule is O=c1cc(C2CC2)nc(-c2ccc(Br)c3cccnc23)[nH]1. The van der Waals surface area contributed by atoms with Crippen LogP contribution in [-0.2, 0) is 0 Å². The highest BCUT2D eigenvalue weighted by Crippen LogP contribution is 2.39. The smallest absolute Gasteiger partial charge is 0.251 e. The van der Waals surface area contributed by atoms with Gasteiger partial charge in [0.05, 0.1) is 11.2 Å². The second-order valence-corrected chi connectivity index (χ2v) is 6.14. The summed E-state index contributed by atoms with van der Waals surface area (Å²) in [7, 11) is 0. The molecule has 3 aromatic rings. The Labute approximate surface area is 129 Å². The monoisotopic (exact) mass is 341 g/mol. The summed E-state index contributed by atoms with van der Waals surface area (Å²) in [6.07, 6.45) is 3.99. The van der Waals surface area contributed by atoms with Gasteiger partial charge in [-0.1, -0.05) is 22.0 Å². The average Bonchev–Trinajstić information content (AvgIpc) is 3.32. The Bertz CT molecular complexity index is 899. The molecule has 0 aliphatic heterocycles. The summed E-state index contributed by atoms with van der Waals surface area (Å²) in [6.45, 7) is 0. The number of pyridine rings is 1. The number of nitrogens with one attached hydrogen (secondary N) is 1. The van der Waals surface area contributed by atoms with Crippen molar-refractivity contribution in [1.29, 1.82) is 0 Å². The predicted octanol–water partition coefficient (Wildman–Crippen LogP) is 3.63. The zero-order valence-electron chi connectivity index (χ0n) is 11.1. The first-order valence-electron chi connectivity index (χ1n) is 6.87. The number of aromatic nitrogens is 3. The van der Waals surface area contributed by atoms with Crippen molar-refractivity contribution in [3.63, 3.8) is 0 Å². The molecule has 2 aromatic heterocycles. The Balaban J connectivity index is 1.98. The molecule has 0 amide bonds. The molecule has 5 heteroatoms. The maximum Gasteiger partial charge on any atom is 0.251 e. The van der Waals surface area contributed by atoms with Gasteiger partial charge in [-0.15, -0.1) is 0 Å². The number of fused-ring (bicyclic) bond motifs is 1. The Morgan fingerprint density at radius 3 is 2.90 bits per heavy atom. The highest BCUT2D eigenvalue weighted by molar-refractivity contribution is 9.10. The number of rotatable bonds is 2. The molecule has 4 rings (SSSR count). The Hall–Kier alpha value is -2.01. The second-order valence-electron chi connectivity index (χ2n) is 5.29. The molecule has 1 aliphatic carbocycles. The zero-order valence-corrected chi connectivity index (χ0v) is 12.7. The van der Waals surface area contributed by atoms with Gasteiger partial charge in [-0.3, -0.25) is 9.78 Å². The second kappa shape index (κ2) is 4.77. The standard InChI is InChI=1S/C16H12BrN3O/c17-12-6-5-11(15-10(12)2-1-7-18-15)16-19-13(9-3-4-9)8-14(21)20-16/h1-2,5-9H,3-4H2,(H,19,20,21). The van der Waals surface area contributed by atoms with E-state index in [0.29, 0.717) is 11.7 Å². The van der Waals surface area contributed by atoms with Crippen LogP contribution in [0.5, 0.6) is 0 Å². The number of halogens is 1. The Kier molecular flexibility index (Phi) is 2.89. The zero-order chi connectivity index (χ0) is 14.4. The molecule has 1 saturated carbocycles. The lowest BCUT2D eigenvalue weighted by Gasteiger charge is -2.08. The fraction of sp³-hybridized carbons (Fsp3) is 0.188. The van der Waals surface area contributed by atoms with Crippen molar-refractivity contribution < 1.29 is 0 Å². The van der Waals surface area contributed by atoms with E-state index in [0.717, 1.165) is 39.5 Å². The number of nitrogens with zero attached hydrogens (tertiary/aromatic N) is 2. The van der Waals surface area contributed by atoms with Gasteiger partial charge in [0.1, 0.15) is 5.82 Å². The highest BCUT2D eigenvalue weighted by Gasteiger charge is 2.26. The van der Waals surface area contributed by atoms with Gasteiger partial charge in [0.15, 0.2) is 0 Å². The quantitative estimate of drug-likeness (QED) is 0.774. The highest BCUT2D eigenvalue weighted by atomic mass is 79.9. The van der Waals surface area contributed by atoms with Crippen molar-refractivity contribution >= 4 is 26.8 Å². The summed E-state index contributed by atoms with van der Waals surface area (Å²) >= 11 is 3.53. The minimum absolute atomic E-state index is 0.103. The van der Waals surface area contributed by atoms with Crippen molar-refractivity contribution in [2.45, 2.75) is 18.8 Å². The number of hydrogen-bond acceptors (Lipinski definition) is 3. The van der Waals surface area contributed by atoms with Gasteiger partial charge in [0.25, 0.3) is 5.56 Å². The molecular formula is C16H12BrN3O. The van der Waals surface area contributed by atoms with Gasteiger partial charge >= 0.3 is 0 Å². The van der Waals surface area contributed by atoms with E-state index >= 15 is 0 Å². The Morgan fingerprint density at radius 2 is 2.10 bits per heavy atom. The van der Waals surface area contributed by atoms with Crippen LogP contribution in [0.15, 0.2) is 45.8 Å². The minimum atomic E-state index is -0.103. The maximum absolute atomic E-state index is 11.9. The third-order valence-electron chi connectivity index (χ3n) is 3.73. The molecule has 0 radical (unpaired) electrons. The van der Waals surface area contributed by atoms with E-state index in [1.807, 2.05) is 24.3 Å². The van der Waals surface area contributed by atoms with Crippen molar-refractivity contribution in [2.24, 2.45) is 0 Å². The predicted molar refractivity (Wildman–Crippen MR) is 85.3 cm³/mol. The molecule has 1 aliphatic rings. The number of benzene rings is 1. The first-order chi connectivity index (χ1) is 10.2. The van der Waals surface area contributed by atoms with Gasteiger partial charge in [-0.25, -0.2) is 4.98 Å². The largest absolute Gasteiger partial charge is 0.306 e. The van der Waals surface area contributed by atoms with Crippen molar-refractivity contribution in [3.05, 3.63) is 57.0 Å². The van der Waals surface area contributed by atoms with E-state index in [2.05, 4.69) is 30.9 Å². The topological polar surface area (TPSA) is 58.6 Å². The van der Waals surface area contributed by atoms with E-state index in [-0.39, 0.29) is 5.56 Å². The van der Waals surface area contributed by atoms with Crippen LogP contribution in [0.1, 0.15) is 24.5 Å². The molecule has 2 heterocycles. The average molecular weight is 342 g/mol. The van der Waals surface area contributed by atoms with Gasteiger partial charge in [0.2, 0.25) is 0 Å². The first-order valence-corrected chi connectivity index (χ1v) is 7.66. The molecular weight excluding hydrogens is 330 g/mol. The summed E-state index contributed by atoms with van der Waals surface area (Å²) in [5, 5.41) is 1.01. The van der Waals surface area contributed by atoms with Crippen LogP contribution in [-0.4, -0.2) is 15.0 Å². The lowest BCUT2D eigenvalue weighted by molar-refractivity contribution is 0.977. The van der Waals surface area contributed by atoms with E-state index in [9.17, 15) is 4.79 Å². The van der Waals surface area contributed by atoms with Gasteiger partial charge in [0, 0.05) is 33.6 Å². The van der Waals surface area contributed by atoms with Crippen LogP contribution in [0.25, 0.3) is 22.3 Å². The lowest BCUT2D eigenvalue weighted by atomic mass is 10.1. The summed E-state index contributed by atoms with van der Waals surface area (Å²) in [4.78, 5) is 23.8. The molecule has 1 aromatic carbocycles. The normalized spacial score (nSPS) is 14.5. The van der Waals surface area contributed by atoms with Crippen LogP contribution in [0.2, 0.25) is 0 Å². The fourth-order valence-electron chi connectivity index (χ4n) is 2.52. The number of H-pyrrole nitrogens is 1. The van der Waals surface area contributed by atoms with E-state index in [1.54, 1.807) is 12.3 Å². The summed E-state index contributed by atoms with van der Waals surface area (Å²) < 4.78 is 0.982. The van der Waals surface area contributed by atoms with Gasteiger partial charge < -0.3 is 4.98 Å². The fourth-order valence-corrected chi connectivity index (χ4v) is 2.97. The van der Waals surface area contributed by atoms with Crippen molar-refractivity contribution in [3.8, 4) is 11.4 Å². The molecule has 4 nitrogen and oxygen atoms in total. The van der Waals surface area contributed by atoms with Crippen LogP contribution < -0.4 is 5.56 Å². The minimum Gasteiger partial charge on any atom is -0.306 e. The van der Waals surface area contributed by atoms with Gasteiger partial charge in [-0.05, 0) is 31.0 Å². The molecule has 21 heavy (non-hydrogen) atoms. The lowest BCUT2D eigenvalue weighted by Crippen LogP contribution is -2.10. The third kappa shape index (κ3) is 2.27. The third-order valence-corrected chi connectivity index (χ3v) is 4.42. The summed E-state index contributed by atoms with van der Waals surface area (Å²) in [5.74, 6) is 1.04. The molecule has 0 spiro atoms. The van der Waals surface area contributed by atoms with Crippen molar-refractivity contribution in [1.82, 2.24) is 15.0 Å². The van der Waals surface area contributed by atoms with Crippen LogP contribution >= 0.6 is 15.9 Å². The van der Waals surface area contributed by atoms with Crippen LogP contribution in [0, 0.1) is 0 Å². The summed E-state index contributed by atoms with van der Waals surface area (Å²) in [5.41, 5.74) is 2.48. The van der Waals surface area contributed by atoms with E-state index < -0.39 is 0 Å². The maximum atomic E-state index is 11.9. The van der Waals surface area contributed by atoms with E-state index in [4.69, 9.17) is 0 Å². The van der Waals surface area contributed by atoms with Crippen LogP contribution in [0.4, 0.5) is 0 Å². The molecule has 1 fully saturated rings. The Morgan fingerprint density at radius 1 is 1.24 bits per heavy atom. The molecule has 0 atom stereocenters. The molecule has 1 N–H and O–H groups in total. The number of aromatic amines is 1.